The van der Waals surface area contributed by atoms with Crippen molar-refractivity contribution in [1.82, 2.24) is 20.5 Å². The van der Waals surface area contributed by atoms with Crippen LogP contribution < -0.4 is 10.6 Å². The molecule has 2 amide bonds. The lowest BCUT2D eigenvalue weighted by molar-refractivity contribution is -0.130. The zero-order valence-corrected chi connectivity index (χ0v) is 14.3. The number of hydrogen-bond acceptors (Lipinski definition) is 7. The van der Waals surface area contributed by atoms with Crippen LogP contribution in [0.1, 0.15) is 36.1 Å². The van der Waals surface area contributed by atoms with Gasteiger partial charge in [0, 0.05) is 26.7 Å². The number of carbonyl (C=O) groups excluding carboxylic acids is 2. The average molecular weight is 344 g/mol. The molecule has 2 rings (SSSR count). The van der Waals surface area contributed by atoms with Gasteiger partial charge in [-0.1, -0.05) is 6.92 Å². The minimum absolute atomic E-state index is 0.0694. The van der Waals surface area contributed by atoms with Crippen LogP contribution in [0.2, 0.25) is 0 Å². The third-order valence-corrected chi connectivity index (χ3v) is 4.15. The molecule has 1 aliphatic rings. The zero-order valence-electron chi connectivity index (χ0n) is 14.3. The van der Waals surface area contributed by atoms with E-state index in [9.17, 15) is 14.9 Å². The second-order valence-corrected chi connectivity index (χ2v) is 5.66. The number of nitrogens with one attached hydrogen (secondary N) is 3. The highest BCUT2D eigenvalue weighted by Crippen LogP contribution is 2.35. The van der Waals surface area contributed by atoms with Gasteiger partial charge in [-0.15, -0.1) is 0 Å². The molecule has 0 saturated carbocycles. The Morgan fingerprint density at radius 1 is 1.64 bits per heavy atom. The monoisotopic (exact) mass is 344 g/mol. The van der Waals surface area contributed by atoms with E-state index in [1.807, 2.05) is 0 Å². The normalized spacial score (nSPS) is 20.3. The summed E-state index contributed by atoms with van der Waals surface area (Å²) in [5, 5.41) is 22.9. The van der Waals surface area contributed by atoms with Crippen molar-refractivity contribution in [1.29, 1.82) is 10.7 Å². The molecule has 1 aliphatic heterocycles. The molecule has 1 aromatic heterocycles. The van der Waals surface area contributed by atoms with Gasteiger partial charge in [0.05, 0.1) is 11.8 Å². The number of aromatic nitrogens is 1. The lowest BCUT2D eigenvalue weighted by Crippen LogP contribution is -2.42. The number of nitrogens with zero attached hydrogens (tertiary/aromatic N) is 3. The van der Waals surface area contributed by atoms with Gasteiger partial charge in [0.1, 0.15) is 11.7 Å². The van der Waals surface area contributed by atoms with Crippen LogP contribution in [0, 0.1) is 29.1 Å². The first-order chi connectivity index (χ1) is 11.9. The summed E-state index contributed by atoms with van der Waals surface area (Å²) in [6.07, 6.45) is 3.34. The molecule has 132 valence electrons. The zero-order chi connectivity index (χ0) is 18.6. The maximum absolute atomic E-state index is 12.6. The second-order valence-electron chi connectivity index (χ2n) is 5.66. The number of hydrogen-bond donors (Lipinski definition) is 3. The summed E-state index contributed by atoms with van der Waals surface area (Å²) in [5.74, 6) is -0.817. The predicted octanol–water partition coefficient (Wildman–Crippen LogP) is 0.903. The first-order valence-electron chi connectivity index (χ1n) is 7.81. The van der Waals surface area contributed by atoms with Gasteiger partial charge in [0.25, 0.3) is 5.91 Å². The number of oxazole rings is 1. The summed E-state index contributed by atoms with van der Waals surface area (Å²) in [4.78, 5) is 29.9. The molecule has 0 radical (unpaired) electrons. The molecule has 0 aliphatic carbocycles. The highest BCUT2D eigenvalue weighted by atomic mass is 16.3. The first-order valence-corrected chi connectivity index (χ1v) is 7.81. The van der Waals surface area contributed by atoms with E-state index in [2.05, 4.69) is 21.7 Å². The Balaban J connectivity index is 2.20. The van der Waals surface area contributed by atoms with Crippen LogP contribution >= 0.6 is 0 Å². The first kappa shape index (κ1) is 18.2. The maximum atomic E-state index is 12.6. The predicted molar refractivity (Wildman–Crippen MR) is 88.2 cm³/mol. The summed E-state index contributed by atoms with van der Waals surface area (Å²) < 4.78 is 5.00. The van der Waals surface area contributed by atoms with Crippen molar-refractivity contribution in [3.63, 3.8) is 0 Å². The number of likely N-dealkylation sites (tertiary alicyclic amines) is 1. The van der Waals surface area contributed by atoms with E-state index < -0.39 is 17.2 Å². The van der Waals surface area contributed by atoms with Crippen LogP contribution in [0.5, 0.6) is 0 Å². The molecule has 1 aromatic rings. The summed E-state index contributed by atoms with van der Waals surface area (Å²) >= 11 is 0. The fourth-order valence-corrected chi connectivity index (χ4v) is 2.60. The van der Waals surface area contributed by atoms with E-state index in [1.54, 1.807) is 20.9 Å². The van der Waals surface area contributed by atoms with Crippen LogP contribution in [0.25, 0.3) is 0 Å². The van der Waals surface area contributed by atoms with Crippen LogP contribution in [0.3, 0.4) is 0 Å². The van der Waals surface area contributed by atoms with E-state index in [-0.39, 0.29) is 23.8 Å². The van der Waals surface area contributed by atoms with Crippen molar-refractivity contribution in [2.45, 2.75) is 26.7 Å². The molecule has 1 saturated heterocycles. The van der Waals surface area contributed by atoms with E-state index in [4.69, 9.17) is 9.83 Å². The molecule has 0 spiro atoms. The van der Waals surface area contributed by atoms with E-state index in [0.717, 1.165) is 0 Å². The molecule has 1 unspecified atom stereocenters. The smallest absolute Gasteiger partial charge is 0.277 e. The van der Waals surface area contributed by atoms with Gasteiger partial charge in [-0.2, -0.15) is 5.26 Å². The summed E-state index contributed by atoms with van der Waals surface area (Å²) in [6, 6.07) is 2.07. The SMILES string of the molecule is CCC1(C#N)CCN(C(=N)/C(=C\NC)NC(=O)c2coc(C)n2)C1=O. The molecule has 9 heteroatoms. The molecule has 1 fully saturated rings. The van der Waals surface area contributed by atoms with Crippen molar-refractivity contribution in [2.24, 2.45) is 5.41 Å². The van der Waals surface area contributed by atoms with E-state index in [1.165, 1.54) is 17.4 Å². The Hall–Kier alpha value is -3.15. The number of rotatable bonds is 5. The summed E-state index contributed by atoms with van der Waals surface area (Å²) in [7, 11) is 1.61. The molecular weight excluding hydrogens is 324 g/mol. The van der Waals surface area contributed by atoms with Gasteiger partial charge < -0.3 is 15.1 Å². The molecule has 0 aromatic carbocycles. The molecule has 25 heavy (non-hydrogen) atoms. The third kappa shape index (κ3) is 3.38. The molecule has 2 heterocycles. The van der Waals surface area contributed by atoms with Crippen molar-refractivity contribution in [2.75, 3.05) is 13.6 Å². The number of amidine groups is 1. The number of carbonyl (C=O) groups is 2. The van der Waals surface area contributed by atoms with E-state index >= 15 is 0 Å². The summed E-state index contributed by atoms with van der Waals surface area (Å²) in [5.41, 5.74) is -0.934. The van der Waals surface area contributed by atoms with Gasteiger partial charge in [-0.3, -0.25) is 19.9 Å². The maximum Gasteiger partial charge on any atom is 0.277 e. The molecule has 1 atom stereocenters. The third-order valence-electron chi connectivity index (χ3n) is 4.15. The van der Waals surface area contributed by atoms with Gasteiger partial charge in [-0.05, 0) is 12.8 Å². The largest absolute Gasteiger partial charge is 0.448 e. The van der Waals surface area contributed by atoms with Crippen LogP contribution in [0.15, 0.2) is 22.6 Å². The summed E-state index contributed by atoms with van der Waals surface area (Å²) in [6.45, 7) is 3.63. The number of aryl methyl sites for hydroxylation is 1. The molecular formula is C16H20N6O3. The van der Waals surface area contributed by atoms with Gasteiger partial charge in [0.2, 0.25) is 5.91 Å². The molecule has 9 nitrogen and oxygen atoms in total. The second kappa shape index (κ2) is 7.17. The average Bonchev–Trinajstić information content (AvgIpc) is 3.18. The van der Waals surface area contributed by atoms with Gasteiger partial charge in [-0.25, -0.2) is 4.98 Å². The fourth-order valence-electron chi connectivity index (χ4n) is 2.60. The van der Waals surface area contributed by atoms with Crippen molar-refractivity contribution in [3.8, 4) is 6.07 Å². The van der Waals surface area contributed by atoms with Crippen molar-refractivity contribution >= 4 is 17.6 Å². The Labute approximate surface area is 145 Å². The lowest BCUT2D eigenvalue weighted by Gasteiger charge is -2.22. The fraction of sp³-hybridized carbons (Fsp3) is 0.438. The van der Waals surface area contributed by atoms with Crippen LogP contribution in [-0.2, 0) is 4.79 Å². The quantitative estimate of drug-likeness (QED) is 0.536. The highest BCUT2D eigenvalue weighted by Gasteiger charge is 2.47. The highest BCUT2D eigenvalue weighted by molar-refractivity contribution is 6.11. The van der Waals surface area contributed by atoms with Crippen molar-refractivity contribution in [3.05, 3.63) is 29.7 Å². The Morgan fingerprint density at radius 3 is 2.84 bits per heavy atom. The van der Waals surface area contributed by atoms with Gasteiger partial charge >= 0.3 is 0 Å². The Bertz CT molecular complexity index is 775. The minimum Gasteiger partial charge on any atom is -0.448 e. The number of nitriles is 1. The minimum atomic E-state index is -1.11. The lowest BCUT2D eigenvalue weighted by atomic mass is 9.85. The van der Waals surface area contributed by atoms with Crippen LogP contribution in [-0.4, -0.2) is 41.1 Å². The van der Waals surface area contributed by atoms with Gasteiger partial charge in [0.15, 0.2) is 17.4 Å². The van der Waals surface area contributed by atoms with Crippen LogP contribution in [0.4, 0.5) is 0 Å². The van der Waals surface area contributed by atoms with E-state index in [0.29, 0.717) is 18.7 Å². The topological polar surface area (TPSA) is 135 Å². The Morgan fingerprint density at radius 2 is 2.36 bits per heavy atom. The van der Waals surface area contributed by atoms with Crippen molar-refractivity contribution < 1.29 is 14.0 Å². The molecule has 3 N–H and O–H groups in total. The molecule has 0 bridgehead atoms. The standard InChI is InChI=1S/C16H20N6O3/c1-4-16(9-17)5-6-22(15(16)24)13(18)11(7-19-3)21-14(23)12-8-25-10(2)20-12/h7-8,18-19H,4-6H2,1-3H3,(H,21,23)/b11-7+,18-13?. The Kier molecular flexibility index (Phi) is 5.22. The number of amides is 2.